The van der Waals surface area contributed by atoms with Crippen molar-refractivity contribution in [2.75, 3.05) is 29.9 Å². The lowest BCUT2D eigenvalue weighted by molar-refractivity contribution is 0.252. The first-order chi connectivity index (χ1) is 12.1. The average Bonchev–Trinajstić information content (AvgIpc) is 3.11. The molecule has 3 rings (SSSR count). The molecule has 0 aliphatic carbocycles. The zero-order valence-corrected chi connectivity index (χ0v) is 13.9. The van der Waals surface area contributed by atoms with E-state index in [0.29, 0.717) is 24.3 Å². The largest absolute Gasteiger partial charge is 0.369 e. The molecule has 1 aliphatic heterocycles. The zero-order valence-electron chi connectivity index (χ0n) is 13.9. The van der Waals surface area contributed by atoms with E-state index in [1.54, 1.807) is 24.3 Å². The summed E-state index contributed by atoms with van der Waals surface area (Å²) in [6.45, 7) is 2.15. The zero-order chi connectivity index (χ0) is 17.6. The van der Waals surface area contributed by atoms with Gasteiger partial charge in [0.1, 0.15) is 11.6 Å². The van der Waals surface area contributed by atoms with Crippen LogP contribution >= 0.6 is 0 Å². The second-order valence-corrected chi connectivity index (χ2v) is 6.12. The van der Waals surface area contributed by atoms with Crippen LogP contribution in [0.3, 0.4) is 0 Å². The first-order valence-corrected chi connectivity index (χ1v) is 8.45. The van der Waals surface area contributed by atoms with Gasteiger partial charge in [-0.3, -0.25) is 0 Å². The first kappa shape index (κ1) is 17.2. The van der Waals surface area contributed by atoms with Crippen molar-refractivity contribution >= 4 is 17.4 Å². The van der Waals surface area contributed by atoms with Crippen molar-refractivity contribution < 1.29 is 13.6 Å². The molecule has 1 fully saturated rings. The standard InChI is InChI=1S/C19H21F2N3O/c20-15-5-3-14(4-6-15)9-10-22-19(25)23-16-7-8-18(17(21)13-16)24-11-1-2-12-24/h3-8,13H,1-2,9-12H2,(H2,22,23,25). The highest BCUT2D eigenvalue weighted by atomic mass is 19.1. The Morgan fingerprint density at radius 2 is 1.76 bits per heavy atom. The van der Waals surface area contributed by atoms with E-state index in [1.807, 2.05) is 4.90 Å². The molecule has 1 heterocycles. The Bertz CT molecular complexity index is 728. The Hall–Kier alpha value is -2.63. The maximum absolute atomic E-state index is 14.2. The van der Waals surface area contributed by atoms with Crippen molar-refractivity contribution in [3.05, 3.63) is 59.7 Å². The highest BCUT2D eigenvalue weighted by molar-refractivity contribution is 5.89. The summed E-state index contributed by atoms with van der Waals surface area (Å²) in [4.78, 5) is 13.9. The third kappa shape index (κ3) is 4.68. The maximum Gasteiger partial charge on any atom is 0.319 e. The number of rotatable bonds is 5. The van der Waals surface area contributed by atoms with Crippen molar-refractivity contribution in [2.24, 2.45) is 0 Å². The molecule has 0 unspecified atom stereocenters. The second-order valence-electron chi connectivity index (χ2n) is 6.12. The summed E-state index contributed by atoms with van der Waals surface area (Å²) in [6.07, 6.45) is 2.75. The number of carbonyl (C=O) groups excluding carboxylic acids is 1. The number of urea groups is 1. The average molecular weight is 345 g/mol. The van der Waals surface area contributed by atoms with Crippen molar-refractivity contribution in [1.82, 2.24) is 5.32 Å². The number of hydrogen-bond acceptors (Lipinski definition) is 2. The van der Waals surface area contributed by atoms with E-state index in [4.69, 9.17) is 0 Å². The second kappa shape index (κ2) is 7.96. The number of halogens is 2. The SMILES string of the molecule is O=C(NCCc1ccc(F)cc1)Nc1ccc(N2CCCC2)c(F)c1. The van der Waals surface area contributed by atoms with E-state index in [1.165, 1.54) is 18.2 Å². The molecule has 0 spiro atoms. The molecule has 1 aliphatic rings. The summed E-state index contributed by atoms with van der Waals surface area (Å²) >= 11 is 0. The predicted molar refractivity (Wildman–Crippen MR) is 95.0 cm³/mol. The number of nitrogens with zero attached hydrogens (tertiary/aromatic N) is 1. The molecule has 25 heavy (non-hydrogen) atoms. The number of benzene rings is 2. The lowest BCUT2D eigenvalue weighted by atomic mass is 10.1. The van der Waals surface area contributed by atoms with Gasteiger partial charge in [0.15, 0.2) is 0 Å². The number of nitrogens with one attached hydrogen (secondary N) is 2. The minimum absolute atomic E-state index is 0.283. The molecule has 6 heteroatoms. The molecule has 2 amide bonds. The molecule has 4 nitrogen and oxygen atoms in total. The smallest absolute Gasteiger partial charge is 0.319 e. The molecule has 2 aromatic rings. The minimum atomic E-state index is -0.393. The van der Waals surface area contributed by atoms with Crippen LogP contribution in [0, 0.1) is 11.6 Å². The third-order valence-electron chi connectivity index (χ3n) is 4.26. The van der Waals surface area contributed by atoms with Gasteiger partial charge in [0.25, 0.3) is 0 Å². The summed E-state index contributed by atoms with van der Waals surface area (Å²) in [5.41, 5.74) is 1.93. The van der Waals surface area contributed by atoms with Gasteiger partial charge in [-0.1, -0.05) is 12.1 Å². The number of anilines is 2. The fourth-order valence-electron chi connectivity index (χ4n) is 2.95. The van der Waals surface area contributed by atoms with E-state index < -0.39 is 6.03 Å². The molecule has 132 valence electrons. The molecular weight excluding hydrogens is 324 g/mol. The summed E-state index contributed by atoms with van der Waals surface area (Å²) in [5, 5.41) is 5.33. The van der Waals surface area contributed by atoms with Gasteiger partial charge in [0.05, 0.1) is 5.69 Å². The molecule has 0 saturated carbocycles. The van der Waals surface area contributed by atoms with Gasteiger partial charge in [-0.05, 0) is 55.2 Å². The molecular formula is C19H21F2N3O. The van der Waals surface area contributed by atoms with Crippen LogP contribution in [-0.4, -0.2) is 25.7 Å². The van der Waals surface area contributed by atoms with Crippen LogP contribution in [0.5, 0.6) is 0 Å². The van der Waals surface area contributed by atoms with Crippen LogP contribution < -0.4 is 15.5 Å². The number of amides is 2. The van der Waals surface area contributed by atoms with Crippen LogP contribution in [0.2, 0.25) is 0 Å². The molecule has 2 N–H and O–H groups in total. The van der Waals surface area contributed by atoms with Gasteiger partial charge in [-0.15, -0.1) is 0 Å². The lowest BCUT2D eigenvalue weighted by Gasteiger charge is -2.19. The normalized spacial score (nSPS) is 13.8. The fraction of sp³-hybridized carbons (Fsp3) is 0.316. The summed E-state index contributed by atoms with van der Waals surface area (Å²) in [6, 6.07) is 10.5. The molecule has 2 aromatic carbocycles. The van der Waals surface area contributed by atoms with Gasteiger partial charge < -0.3 is 15.5 Å². The van der Waals surface area contributed by atoms with E-state index in [9.17, 15) is 13.6 Å². The van der Waals surface area contributed by atoms with Crippen LogP contribution in [0.25, 0.3) is 0 Å². The molecule has 0 bridgehead atoms. The van der Waals surface area contributed by atoms with Crippen molar-refractivity contribution in [3.8, 4) is 0 Å². The Balaban J connectivity index is 1.49. The van der Waals surface area contributed by atoms with E-state index in [0.717, 1.165) is 31.5 Å². The summed E-state index contributed by atoms with van der Waals surface area (Å²) < 4.78 is 27.0. The Morgan fingerprint density at radius 1 is 1.04 bits per heavy atom. The van der Waals surface area contributed by atoms with E-state index in [2.05, 4.69) is 10.6 Å². The highest BCUT2D eigenvalue weighted by Crippen LogP contribution is 2.25. The monoisotopic (exact) mass is 345 g/mol. The molecule has 0 radical (unpaired) electrons. The van der Waals surface area contributed by atoms with Gasteiger partial charge in [-0.25, -0.2) is 13.6 Å². The minimum Gasteiger partial charge on any atom is -0.369 e. The van der Waals surface area contributed by atoms with Gasteiger partial charge in [0.2, 0.25) is 0 Å². The van der Waals surface area contributed by atoms with Crippen LogP contribution in [0.15, 0.2) is 42.5 Å². The van der Waals surface area contributed by atoms with Gasteiger partial charge >= 0.3 is 6.03 Å². The maximum atomic E-state index is 14.2. The van der Waals surface area contributed by atoms with Gasteiger partial charge in [0, 0.05) is 25.3 Å². The Labute approximate surface area is 145 Å². The number of hydrogen-bond donors (Lipinski definition) is 2. The van der Waals surface area contributed by atoms with Gasteiger partial charge in [-0.2, -0.15) is 0 Å². The summed E-state index contributed by atoms with van der Waals surface area (Å²) in [5.74, 6) is -0.611. The topological polar surface area (TPSA) is 44.4 Å². The van der Waals surface area contributed by atoms with E-state index in [-0.39, 0.29) is 11.6 Å². The van der Waals surface area contributed by atoms with E-state index >= 15 is 0 Å². The van der Waals surface area contributed by atoms with Crippen LogP contribution in [0.1, 0.15) is 18.4 Å². The molecule has 1 saturated heterocycles. The lowest BCUT2D eigenvalue weighted by Crippen LogP contribution is -2.30. The summed E-state index contributed by atoms with van der Waals surface area (Å²) in [7, 11) is 0. The van der Waals surface area contributed by atoms with Crippen molar-refractivity contribution in [3.63, 3.8) is 0 Å². The fourth-order valence-corrected chi connectivity index (χ4v) is 2.95. The van der Waals surface area contributed by atoms with Crippen molar-refractivity contribution in [1.29, 1.82) is 0 Å². The highest BCUT2D eigenvalue weighted by Gasteiger charge is 2.16. The third-order valence-corrected chi connectivity index (χ3v) is 4.26. The van der Waals surface area contributed by atoms with Crippen LogP contribution in [-0.2, 0) is 6.42 Å². The molecule has 0 atom stereocenters. The first-order valence-electron chi connectivity index (χ1n) is 8.45. The number of carbonyl (C=O) groups is 1. The Morgan fingerprint density at radius 3 is 2.44 bits per heavy atom. The molecule has 0 aromatic heterocycles. The quantitative estimate of drug-likeness (QED) is 0.862. The van der Waals surface area contributed by atoms with Crippen LogP contribution in [0.4, 0.5) is 25.0 Å². The Kier molecular flexibility index (Phi) is 5.48. The van der Waals surface area contributed by atoms with Crippen molar-refractivity contribution in [2.45, 2.75) is 19.3 Å². The predicted octanol–water partition coefficient (Wildman–Crippen LogP) is 3.93.